The van der Waals surface area contributed by atoms with Crippen LogP contribution in [0.2, 0.25) is 0 Å². The summed E-state index contributed by atoms with van der Waals surface area (Å²) in [6.07, 6.45) is -5.38. The molecule has 2 nitrogen and oxygen atoms in total. The standard InChI is InChI=1S/C10H8F4O2/c1-5-6(4-8(15)16)2-3-7(11)9(5)10(12,13)14/h2-3H,4H2,1H3,(H,15,16). The number of hydrogen-bond acceptors (Lipinski definition) is 1. The van der Waals surface area contributed by atoms with Gasteiger partial charge >= 0.3 is 12.1 Å². The van der Waals surface area contributed by atoms with Crippen molar-refractivity contribution in [3.05, 3.63) is 34.6 Å². The lowest BCUT2D eigenvalue weighted by Gasteiger charge is -2.13. The Balaban J connectivity index is 3.33. The highest BCUT2D eigenvalue weighted by Gasteiger charge is 2.36. The lowest BCUT2D eigenvalue weighted by Crippen LogP contribution is -2.13. The molecule has 88 valence electrons. The normalized spacial score (nSPS) is 11.6. The molecule has 0 atom stereocenters. The Morgan fingerprint density at radius 1 is 1.38 bits per heavy atom. The van der Waals surface area contributed by atoms with Gasteiger partial charge in [0.25, 0.3) is 0 Å². The van der Waals surface area contributed by atoms with Crippen molar-refractivity contribution in [2.45, 2.75) is 19.5 Å². The van der Waals surface area contributed by atoms with E-state index in [0.717, 1.165) is 13.0 Å². The third-order valence-electron chi connectivity index (χ3n) is 2.15. The van der Waals surface area contributed by atoms with Crippen LogP contribution in [0.3, 0.4) is 0 Å². The number of alkyl halides is 3. The number of benzene rings is 1. The van der Waals surface area contributed by atoms with E-state index in [4.69, 9.17) is 5.11 Å². The largest absolute Gasteiger partial charge is 0.481 e. The predicted molar refractivity (Wildman–Crippen MR) is 47.5 cm³/mol. The summed E-state index contributed by atoms with van der Waals surface area (Å²) in [5.74, 6) is -2.65. The summed E-state index contributed by atoms with van der Waals surface area (Å²) in [6, 6.07) is 1.68. The number of rotatable bonds is 2. The summed E-state index contributed by atoms with van der Waals surface area (Å²) < 4.78 is 50.3. The zero-order valence-electron chi connectivity index (χ0n) is 8.23. The molecule has 0 aliphatic carbocycles. The maximum atomic E-state index is 13.0. The lowest BCUT2D eigenvalue weighted by atomic mass is 9.99. The van der Waals surface area contributed by atoms with Gasteiger partial charge in [-0.3, -0.25) is 4.79 Å². The highest BCUT2D eigenvalue weighted by molar-refractivity contribution is 5.71. The van der Waals surface area contributed by atoms with Gasteiger partial charge in [-0.2, -0.15) is 13.2 Å². The topological polar surface area (TPSA) is 37.3 Å². The van der Waals surface area contributed by atoms with E-state index >= 15 is 0 Å². The van der Waals surface area contributed by atoms with Crippen molar-refractivity contribution in [3.63, 3.8) is 0 Å². The highest BCUT2D eigenvalue weighted by Crippen LogP contribution is 2.35. The molecule has 0 amide bonds. The van der Waals surface area contributed by atoms with E-state index in [1.54, 1.807) is 0 Å². The fourth-order valence-corrected chi connectivity index (χ4v) is 1.42. The van der Waals surface area contributed by atoms with Crippen LogP contribution < -0.4 is 0 Å². The molecular formula is C10H8F4O2. The minimum absolute atomic E-state index is 0.0405. The highest BCUT2D eigenvalue weighted by atomic mass is 19.4. The predicted octanol–water partition coefficient (Wildman–Crippen LogP) is 2.78. The third kappa shape index (κ3) is 2.50. The molecule has 1 aromatic rings. The molecule has 16 heavy (non-hydrogen) atoms. The molecule has 0 aliphatic rings. The summed E-state index contributed by atoms with van der Waals surface area (Å²) in [4.78, 5) is 10.4. The van der Waals surface area contributed by atoms with Crippen molar-refractivity contribution < 1.29 is 27.5 Å². The molecule has 1 N–H and O–H groups in total. The first-order chi connectivity index (χ1) is 7.23. The van der Waals surface area contributed by atoms with E-state index < -0.39 is 29.9 Å². The van der Waals surface area contributed by atoms with E-state index in [-0.39, 0.29) is 11.1 Å². The summed E-state index contributed by atoms with van der Waals surface area (Å²) in [5.41, 5.74) is -1.82. The van der Waals surface area contributed by atoms with Crippen LogP contribution in [0.5, 0.6) is 0 Å². The number of halogens is 4. The van der Waals surface area contributed by atoms with E-state index in [1.807, 2.05) is 0 Å². The second kappa shape index (κ2) is 4.11. The Morgan fingerprint density at radius 3 is 2.38 bits per heavy atom. The number of carbonyl (C=O) groups is 1. The molecule has 0 aromatic heterocycles. The van der Waals surface area contributed by atoms with Crippen LogP contribution >= 0.6 is 0 Å². The van der Waals surface area contributed by atoms with E-state index in [0.29, 0.717) is 6.07 Å². The fourth-order valence-electron chi connectivity index (χ4n) is 1.42. The van der Waals surface area contributed by atoms with Crippen LogP contribution in [0.25, 0.3) is 0 Å². The van der Waals surface area contributed by atoms with Crippen molar-refractivity contribution in [1.82, 2.24) is 0 Å². The molecule has 0 bridgehead atoms. The Morgan fingerprint density at radius 2 is 1.94 bits per heavy atom. The smallest absolute Gasteiger partial charge is 0.419 e. The minimum Gasteiger partial charge on any atom is -0.481 e. The number of carboxylic acids is 1. The monoisotopic (exact) mass is 236 g/mol. The quantitative estimate of drug-likeness (QED) is 0.801. The summed E-state index contributed by atoms with van der Waals surface area (Å²) >= 11 is 0. The Hall–Kier alpha value is -1.59. The molecule has 1 rings (SSSR count). The lowest BCUT2D eigenvalue weighted by molar-refractivity contribution is -0.141. The molecule has 0 aliphatic heterocycles. The molecule has 0 fully saturated rings. The van der Waals surface area contributed by atoms with Gasteiger partial charge in [0.15, 0.2) is 0 Å². The first-order valence-corrected chi connectivity index (χ1v) is 4.30. The van der Waals surface area contributed by atoms with Crippen LogP contribution in [-0.4, -0.2) is 11.1 Å². The fraction of sp³-hybridized carbons (Fsp3) is 0.300. The van der Waals surface area contributed by atoms with E-state index in [2.05, 4.69) is 0 Å². The van der Waals surface area contributed by atoms with Crippen LogP contribution in [-0.2, 0) is 17.4 Å². The summed E-state index contributed by atoms with van der Waals surface area (Å²) in [7, 11) is 0. The molecule has 0 radical (unpaired) electrons. The molecule has 0 saturated carbocycles. The number of carboxylic acid groups (broad SMARTS) is 1. The van der Waals surface area contributed by atoms with E-state index in [1.165, 1.54) is 0 Å². The molecule has 0 unspecified atom stereocenters. The van der Waals surface area contributed by atoms with Crippen LogP contribution in [0.1, 0.15) is 16.7 Å². The van der Waals surface area contributed by atoms with Gasteiger partial charge in [-0.25, -0.2) is 4.39 Å². The van der Waals surface area contributed by atoms with Crippen molar-refractivity contribution in [1.29, 1.82) is 0 Å². The molecule has 1 aromatic carbocycles. The first-order valence-electron chi connectivity index (χ1n) is 4.30. The van der Waals surface area contributed by atoms with Gasteiger partial charge in [-0.05, 0) is 24.1 Å². The molecular weight excluding hydrogens is 228 g/mol. The first kappa shape index (κ1) is 12.5. The second-order valence-electron chi connectivity index (χ2n) is 3.27. The average Bonchev–Trinajstić information content (AvgIpc) is 2.07. The maximum Gasteiger partial charge on any atom is 0.419 e. The van der Waals surface area contributed by atoms with Crippen LogP contribution in [0.4, 0.5) is 17.6 Å². The van der Waals surface area contributed by atoms with E-state index in [9.17, 15) is 22.4 Å². The van der Waals surface area contributed by atoms with Gasteiger partial charge < -0.3 is 5.11 Å². The van der Waals surface area contributed by atoms with Crippen LogP contribution in [0.15, 0.2) is 12.1 Å². The summed E-state index contributed by atoms with van der Waals surface area (Å²) in [5, 5.41) is 8.48. The zero-order valence-corrected chi connectivity index (χ0v) is 8.23. The summed E-state index contributed by atoms with van der Waals surface area (Å²) in [6.45, 7) is 1.06. The Labute approximate surface area is 88.5 Å². The molecule has 6 heteroatoms. The van der Waals surface area contributed by atoms with Crippen molar-refractivity contribution >= 4 is 5.97 Å². The minimum atomic E-state index is -4.82. The van der Waals surface area contributed by atoms with Gasteiger partial charge in [0.05, 0.1) is 12.0 Å². The van der Waals surface area contributed by atoms with Crippen molar-refractivity contribution in [2.24, 2.45) is 0 Å². The van der Waals surface area contributed by atoms with Gasteiger partial charge in [0, 0.05) is 0 Å². The Bertz CT molecular complexity index is 424. The van der Waals surface area contributed by atoms with Crippen molar-refractivity contribution in [2.75, 3.05) is 0 Å². The van der Waals surface area contributed by atoms with Crippen LogP contribution in [0, 0.1) is 12.7 Å². The Kier molecular flexibility index (Phi) is 3.21. The van der Waals surface area contributed by atoms with Crippen molar-refractivity contribution in [3.8, 4) is 0 Å². The average molecular weight is 236 g/mol. The maximum absolute atomic E-state index is 13.0. The second-order valence-corrected chi connectivity index (χ2v) is 3.27. The zero-order chi connectivity index (χ0) is 12.5. The third-order valence-corrected chi connectivity index (χ3v) is 2.15. The van der Waals surface area contributed by atoms with Gasteiger partial charge in [-0.1, -0.05) is 6.07 Å². The number of hydrogen-bond donors (Lipinski definition) is 1. The SMILES string of the molecule is Cc1c(CC(=O)O)ccc(F)c1C(F)(F)F. The van der Waals surface area contributed by atoms with Gasteiger partial charge in [-0.15, -0.1) is 0 Å². The molecule has 0 spiro atoms. The van der Waals surface area contributed by atoms with Gasteiger partial charge in [0.2, 0.25) is 0 Å². The molecule has 0 saturated heterocycles. The molecule has 0 heterocycles. The number of aliphatic carboxylic acids is 1. The van der Waals surface area contributed by atoms with Gasteiger partial charge in [0.1, 0.15) is 5.82 Å².